The molecule has 3 rings (SSSR count). The number of fused-ring (bicyclic) bond motifs is 1. The first kappa shape index (κ1) is 12.6. The number of rotatable bonds is 3. The van der Waals surface area contributed by atoms with Crippen LogP contribution in [-0.2, 0) is 6.54 Å². The summed E-state index contributed by atoms with van der Waals surface area (Å²) in [7, 11) is 2.02. The molecule has 0 saturated carbocycles. The zero-order chi connectivity index (χ0) is 14.1. The fourth-order valence-electron chi connectivity index (χ4n) is 2.30. The molecule has 0 aliphatic heterocycles. The molecule has 0 fully saturated rings. The first-order chi connectivity index (χ1) is 9.63. The number of aryl methyl sites for hydroxylation is 2. The first-order valence-electron chi connectivity index (χ1n) is 6.50. The molecular weight excluding hydrogens is 252 g/mol. The van der Waals surface area contributed by atoms with Crippen LogP contribution in [-0.4, -0.2) is 22.2 Å². The first-order valence-corrected chi connectivity index (χ1v) is 6.50. The number of pyridine rings is 1. The lowest BCUT2D eigenvalue weighted by Crippen LogP contribution is -2.18. The van der Waals surface area contributed by atoms with Crippen molar-refractivity contribution in [2.75, 3.05) is 11.9 Å². The summed E-state index contributed by atoms with van der Waals surface area (Å²) in [4.78, 5) is 10.9. The monoisotopic (exact) mass is 268 g/mol. The van der Waals surface area contributed by atoms with Gasteiger partial charge in [0, 0.05) is 30.7 Å². The fourth-order valence-corrected chi connectivity index (χ4v) is 2.30. The van der Waals surface area contributed by atoms with Crippen molar-refractivity contribution in [3.63, 3.8) is 0 Å². The molecule has 0 aliphatic rings. The molecule has 0 spiro atoms. The van der Waals surface area contributed by atoms with Crippen molar-refractivity contribution in [3.8, 4) is 0 Å². The molecule has 102 valence electrons. The van der Waals surface area contributed by atoms with Gasteiger partial charge in [0.1, 0.15) is 0 Å². The number of hydrogen-bond acceptors (Lipinski definition) is 5. The Labute approximate surface area is 117 Å². The molecule has 3 aromatic rings. The van der Waals surface area contributed by atoms with E-state index in [1.165, 1.54) is 0 Å². The van der Waals surface area contributed by atoms with E-state index in [2.05, 4.69) is 32.2 Å². The summed E-state index contributed by atoms with van der Waals surface area (Å²) in [5, 5.41) is 5.07. The summed E-state index contributed by atoms with van der Waals surface area (Å²) in [5.74, 6) is 1.27. The molecule has 0 unspecified atom stereocenters. The van der Waals surface area contributed by atoms with Crippen LogP contribution in [0.25, 0.3) is 10.9 Å². The van der Waals surface area contributed by atoms with Crippen LogP contribution >= 0.6 is 0 Å². The zero-order valence-electron chi connectivity index (χ0n) is 11.8. The van der Waals surface area contributed by atoms with Crippen molar-refractivity contribution in [1.82, 2.24) is 15.1 Å². The average molecular weight is 268 g/mol. The standard InChI is InChI=1S/C15H16N4O/c1-10-8-14(12-6-4-5-7-13(12)16-10)19(3)9-15-17-11(2)20-18-15/h4-8H,9H2,1-3H3. The van der Waals surface area contributed by atoms with E-state index in [0.29, 0.717) is 18.3 Å². The van der Waals surface area contributed by atoms with Gasteiger partial charge in [0.05, 0.1) is 12.1 Å². The Kier molecular flexibility index (Phi) is 3.10. The molecule has 0 N–H and O–H groups in total. The largest absolute Gasteiger partial charge is 0.366 e. The topological polar surface area (TPSA) is 55.1 Å². The molecule has 5 nitrogen and oxygen atoms in total. The van der Waals surface area contributed by atoms with Crippen LogP contribution in [0, 0.1) is 13.8 Å². The second-order valence-electron chi connectivity index (χ2n) is 4.89. The Balaban J connectivity index is 2.00. The average Bonchev–Trinajstić information content (AvgIpc) is 2.83. The van der Waals surface area contributed by atoms with Crippen LogP contribution in [0.5, 0.6) is 0 Å². The molecule has 5 heteroatoms. The van der Waals surface area contributed by atoms with Gasteiger partial charge in [-0.05, 0) is 19.1 Å². The van der Waals surface area contributed by atoms with Crippen molar-refractivity contribution < 1.29 is 4.52 Å². The van der Waals surface area contributed by atoms with Crippen LogP contribution in [0.15, 0.2) is 34.9 Å². The Morgan fingerprint density at radius 3 is 2.70 bits per heavy atom. The highest BCUT2D eigenvalue weighted by molar-refractivity contribution is 5.91. The predicted octanol–water partition coefficient (Wildman–Crippen LogP) is 2.87. The van der Waals surface area contributed by atoms with Crippen molar-refractivity contribution >= 4 is 16.6 Å². The second kappa shape index (κ2) is 4.92. The molecule has 0 radical (unpaired) electrons. The smallest absolute Gasteiger partial charge is 0.223 e. The van der Waals surface area contributed by atoms with Gasteiger partial charge in [-0.3, -0.25) is 4.98 Å². The van der Waals surface area contributed by atoms with E-state index in [9.17, 15) is 0 Å². The van der Waals surface area contributed by atoms with E-state index in [1.54, 1.807) is 6.92 Å². The predicted molar refractivity (Wildman–Crippen MR) is 77.6 cm³/mol. The van der Waals surface area contributed by atoms with Gasteiger partial charge >= 0.3 is 0 Å². The van der Waals surface area contributed by atoms with E-state index in [1.807, 2.05) is 32.2 Å². The molecule has 0 aliphatic carbocycles. The number of anilines is 1. The molecule has 20 heavy (non-hydrogen) atoms. The maximum Gasteiger partial charge on any atom is 0.223 e. The SMILES string of the molecule is Cc1cc(N(C)Cc2noc(C)n2)c2ccccc2n1. The van der Waals surface area contributed by atoms with Gasteiger partial charge in [-0.15, -0.1) is 0 Å². The lowest BCUT2D eigenvalue weighted by molar-refractivity contribution is 0.387. The number of benzene rings is 1. The third kappa shape index (κ3) is 2.34. The molecule has 0 bridgehead atoms. The number of para-hydroxylation sites is 1. The number of nitrogens with zero attached hydrogens (tertiary/aromatic N) is 4. The van der Waals surface area contributed by atoms with E-state index >= 15 is 0 Å². The third-order valence-electron chi connectivity index (χ3n) is 3.18. The summed E-state index contributed by atoms with van der Waals surface area (Å²) >= 11 is 0. The maximum atomic E-state index is 5.01. The van der Waals surface area contributed by atoms with E-state index < -0.39 is 0 Å². The second-order valence-corrected chi connectivity index (χ2v) is 4.89. The Hall–Kier alpha value is -2.43. The normalized spacial score (nSPS) is 10.9. The molecule has 0 atom stereocenters. The van der Waals surface area contributed by atoms with Crippen LogP contribution in [0.2, 0.25) is 0 Å². The lowest BCUT2D eigenvalue weighted by Gasteiger charge is -2.19. The van der Waals surface area contributed by atoms with Gasteiger partial charge in [0.25, 0.3) is 0 Å². The van der Waals surface area contributed by atoms with E-state index in [0.717, 1.165) is 22.3 Å². The Bertz CT molecular complexity index is 750. The van der Waals surface area contributed by atoms with Gasteiger partial charge in [0.15, 0.2) is 5.82 Å². The van der Waals surface area contributed by atoms with E-state index in [4.69, 9.17) is 4.52 Å². The van der Waals surface area contributed by atoms with Gasteiger partial charge in [0.2, 0.25) is 5.89 Å². The number of aromatic nitrogens is 3. The van der Waals surface area contributed by atoms with Gasteiger partial charge < -0.3 is 9.42 Å². The van der Waals surface area contributed by atoms with Crippen LogP contribution < -0.4 is 4.90 Å². The highest BCUT2D eigenvalue weighted by atomic mass is 16.5. The maximum absolute atomic E-state index is 5.01. The quantitative estimate of drug-likeness (QED) is 0.731. The molecule has 0 saturated heterocycles. The zero-order valence-corrected chi connectivity index (χ0v) is 11.8. The van der Waals surface area contributed by atoms with Crippen molar-refractivity contribution in [3.05, 3.63) is 47.7 Å². The van der Waals surface area contributed by atoms with Crippen LogP contribution in [0.1, 0.15) is 17.4 Å². The lowest BCUT2D eigenvalue weighted by atomic mass is 10.1. The van der Waals surface area contributed by atoms with E-state index in [-0.39, 0.29) is 0 Å². The van der Waals surface area contributed by atoms with Crippen molar-refractivity contribution in [2.24, 2.45) is 0 Å². The summed E-state index contributed by atoms with van der Waals surface area (Å²) < 4.78 is 5.01. The molecule has 2 aromatic heterocycles. The summed E-state index contributed by atoms with van der Waals surface area (Å²) in [6.07, 6.45) is 0. The van der Waals surface area contributed by atoms with Crippen molar-refractivity contribution in [2.45, 2.75) is 20.4 Å². The minimum absolute atomic E-state index is 0.587. The summed E-state index contributed by atoms with van der Waals surface area (Å²) in [6.45, 7) is 4.40. The van der Waals surface area contributed by atoms with Crippen molar-refractivity contribution in [1.29, 1.82) is 0 Å². The minimum Gasteiger partial charge on any atom is -0.366 e. The molecule has 2 heterocycles. The molecule has 0 amide bonds. The number of hydrogen-bond donors (Lipinski definition) is 0. The highest BCUT2D eigenvalue weighted by Crippen LogP contribution is 2.26. The minimum atomic E-state index is 0.587. The van der Waals surface area contributed by atoms with Gasteiger partial charge in [-0.1, -0.05) is 23.4 Å². The Morgan fingerprint density at radius 2 is 1.95 bits per heavy atom. The molecular formula is C15H16N4O. The summed E-state index contributed by atoms with van der Waals surface area (Å²) in [6, 6.07) is 10.2. The summed E-state index contributed by atoms with van der Waals surface area (Å²) in [5.41, 5.74) is 3.11. The van der Waals surface area contributed by atoms with Gasteiger partial charge in [-0.2, -0.15) is 4.98 Å². The highest BCUT2D eigenvalue weighted by Gasteiger charge is 2.11. The van der Waals surface area contributed by atoms with Gasteiger partial charge in [-0.25, -0.2) is 0 Å². The fraction of sp³-hybridized carbons (Fsp3) is 0.267. The Morgan fingerprint density at radius 1 is 1.15 bits per heavy atom. The molecule has 1 aromatic carbocycles. The third-order valence-corrected chi connectivity index (χ3v) is 3.18. The van der Waals surface area contributed by atoms with Crippen LogP contribution in [0.4, 0.5) is 5.69 Å². The van der Waals surface area contributed by atoms with Crippen LogP contribution in [0.3, 0.4) is 0 Å².